The third-order valence-corrected chi connectivity index (χ3v) is 5.43. The number of aromatic nitrogens is 2. The Kier molecular flexibility index (Phi) is 3.20. The number of carbonyl (C=O) groups excluding carboxylic acids is 1. The minimum absolute atomic E-state index is 0.0322. The minimum Gasteiger partial charge on any atom is -0.361 e. The second kappa shape index (κ2) is 5.23. The van der Waals surface area contributed by atoms with Gasteiger partial charge < -0.3 is 4.98 Å². The molecular formula is C16H11N3OS2. The van der Waals surface area contributed by atoms with Gasteiger partial charge in [-0.25, -0.2) is 4.98 Å². The first-order valence-electron chi connectivity index (χ1n) is 6.72. The highest BCUT2D eigenvalue weighted by atomic mass is 32.2. The fraction of sp³-hybridized carbons (Fsp3) is 0.0625. The molecule has 1 atom stereocenters. The number of thioether (sulfide) groups is 1. The van der Waals surface area contributed by atoms with Crippen LogP contribution in [0.25, 0.3) is 17.0 Å². The van der Waals surface area contributed by atoms with Crippen LogP contribution in [0.2, 0.25) is 0 Å². The molecule has 2 aromatic heterocycles. The summed E-state index contributed by atoms with van der Waals surface area (Å²) in [7, 11) is 0. The van der Waals surface area contributed by atoms with Crippen molar-refractivity contribution < 1.29 is 4.79 Å². The Morgan fingerprint density at radius 2 is 2.18 bits per heavy atom. The maximum atomic E-state index is 12.6. The van der Waals surface area contributed by atoms with Crippen molar-refractivity contribution in [3.8, 4) is 0 Å². The number of ketones is 1. The Balaban J connectivity index is 1.74. The van der Waals surface area contributed by atoms with Gasteiger partial charge in [0, 0.05) is 34.2 Å². The first kappa shape index (κ1) is 13.5. The summed E-state index contributed by atoms with van der Waals surface area (Å²) in [6.07, 6.45) is 5.44. The Hall–Kier alpha value is -2.18. The molecule has 3 heterocycles. The molecule has 0 aliphatic carbocycles. The Morgan fingerprint density at radius 1 is 1.32 bits per heavy atom. The highest BCUT2D eigenvalue weighted by Gasteiger charge is 2.38. The van der Waals surface area contributed by atoms with E-state index in [4.69, 9.17) is 5.41 Å². The minimum atomic E-state index is -0.526. The Labute approximate surface area is 134 Å². The van der Waals surface area contributed by atoms with Gasteiger partial charge in [-0.05, 0) is 12.1 Å². The molecule has 3 aromatic rings. The first-order valence-corrected chi connectivity index (χ1v) is 8.41. The van der Waals surface area contributed by atoms with Crippen LogP contribution in [0.3, 0.4) is 0 Å². The number of Topliss-reactive ketones (excluding diaryl/α,β-unsaturated/α-hetero) is 1. The topological polar surface area (TPSA) is 69.6 Å². The van der Waals surface area contributed by atoms with Gasteiger partial charge in [-0.1, -0.05) is 30.0 Å². The number of carbonyl (C=O) groups is 1. The smallest absolute Gasteiger partial charge is 0.186 e. The third-order valence-electron chi connectivity index (χ3n) is 3.59. The van der Waals surface area contributed by atoms with Crippen LogP contribution < -0.4 is 0 Å². The fourth-order valence-electron chi connectivity index (χ4n) is 2.55. The molecule has 108 valence electrons. The molecule has 4 rings (SSSR count). The third kappa shape index (κ3) is 2.12. The molecule has 22 heavy (non-hydrogen) atoms. The number of fused-ring (bicyclic) bond motifs is 1. The Bertz CT molecular complexity index is 909. The molecule has 4 nitrogen and oxygen atoms in total. The molecule has 1 aliphatic rings. The van der Waals surface area contributed by atoms with Gasteiger partial charge in [0.25, 0.3) is 0 Å². The van der Waals surface area contributed by atoms with E-state index < -0.39 is 5.92 Å². The lowest BCUT2D eigenvalue weighted by Crippen LogP contribution is -2.11. The first-order chi connectivity index (χ1) is 10.7. The predicted molar refractivity (Wildman–Crippen MR) is 91.5 cm³/mol. The molecule has 0 saturated carbocycles. The summed E-state index contributed by atoms with van der Waals surface area (Å²) in [5, 5.41) is 12.1. The summed E-state index contributed by atoms with van der Waals surface area (Å²) in [6.45, 7) is 0. The number of nitrogens with one attached hydrogen (secondary N) is 2. The molecule has 0 amide bonds. The summed E-state index contributed by atoms with van der Waals surface area (Å²) >= 11 is 2.66. The number of para-hydroxylation sites is 1. The zero-order chi connectivity index (χ0) is 15.1. The van der Waals surface area contributed by atoms with Gasteiger partial charge in [-0.15, -0.1) is 11.3 Å². The molecule has 1 aromatic carbocycles. The SMILES string of the molecule is N=C1S/C(=C\c2c[nH]c3ccccc23)C(=O)[C@H]1c1nccs1. The number of thiazole rings is 1. The summed E-state index contributed by atoms with van der Waals surface area (Å²) in [4.78, 5) is 20.6. The van der Waals surface area contributed by atoms with Gasteiger partial charge >= 0.3 is 0 Å². The van der Waals surface area contributed by atoms with Crippen molar-refractivity contribution >= 4 is 50.9 Å². The lowest BCUT2D eigenvalue weighted by Gasteiger charge is -2.01. The second-order valence-electron chi connectivity index (χ2n) is 4.93. The molecular weight excluding hydrogens is 314 g/mol. The van der Waals surface area contributed by atoms with Crippen molar-refractivity contribution in [2.45, 2.75) is 5.92 Å². The second-order valence-corrected chi connectivity index (χ2v) is 6.94. The number of hydrogen-bond donors (Lipinski definition) is 2. The van der Waals surface area contributed by atoms with E-state index in [9.17, 15) is 4.79 Å². The van der Waals surface area contributed by atoms with Crippen molar-refractivity contribution in [1.29, 1.82) is 5.41 Å². The summed E-state index contributed by atoms with van der Waals surface area (Å²) in [5.74, 6) is -0.559. The van der Waals surface area contributed by atoms with Crippen LogP contribution in [0.15, 0.2) is 46.9 Å². The van der Waals surface area contributed by atoms with Crippen molar-refractivity contribution in [3.63, 3.8) is 0 Å². The largest absolute Gasteiger partial charge is 0.361 e. The van der Waals surface area contributed by atoms with Gasteiger partial charge in [-0.3, -0.25) is 10.2 Å². The van der Waals surface area contributed by atoms with Gasteiger partial charge in [-0.2, -0.15) is 0 Å². The molecule has 1 fully saturated rings. The van der Waals surface area contributed by atoms with Gasteiger partial charge in [0.1, 0.15) is 10.9 Å². The van der Waals surface area contributed by atoms with Crippen LogP contribution in [0.1, 0.15) is 16.5 Å². The van der Waals surface area contributed by atoms with Crippen LogP contribution in [-0.2, 0) is 4.79 Å². The van der Waals surface area contributed by atoms with E-state index in [2.05, 4.69) is 9.97 Å². The van der Waals surface area contributed by atoms with E-state index >= 15 is 0 Å². The van der Waals surface area contributed by atoms with E-state index in [-0.39, 0.29) is 5.78 Å². The van der Waals surface area contributed by atoms with Crippen molar-refractivity contribution in [2.24, 2.45) is 0 Å². The summed E-state index contributed by atoms with van der Waals surface area (Å²) in [6, 6.07) is 7.97. The number of benzene rings is 1. The van der Waals surface area contributed by atoms with Crippen molar-refractivity contribution in [1.82, 2.24) is 9.97 Å². The average molecular weight is 325 g/mol. The van der Waals surface area contributed by atoms with E-state index in [1.165, 1.54) is 23.1 Å². The number of rotatable bonds is 2. The van der Waals surface area contributed by atoms with E-state index in [1.807, 2.05) is 41.9 Å². The number of aromatic amines is 1. The molecule has 1 saturated heterocycles. The van der Waals surface area contributed by atoms with Gasteiger partial charge in [0.05, 0.1) is 9.95 Å². The van der Waals surface area contributed by atoms with Gasteiger partial charge in [0.2, 0.25) is 0 Å². The lowest BCUT2D eigenvalue weighted by atomic mass is 10.0. The lowest BCUT2D eigenvalue weighted by molar-refractivity contribution is -0.114. The highest BCUT2D eigenvalue weighted by molar-refractivity contribution is 8.19. The molecule has 0 spiro atoms. The van der Waals surface area contributed by atoms with E-state index in [0.717, 1.165) is 16.5 Å². The van der Waals surface area contributed by atoms with Crippen LogP contribution >= 0.6 is 23.1 Å². The molecule has 0 unspecified atom stereocenters. The predicted octanol–water partition coefficient (Wildman–Crippen LogP) is 4.04. The number of allylic oxidation sites excluding steroid dienone is 1. The zero-order valence-electron chi connectivity index (χ0n) is 11.4. The molecule has 0 bridgehead atoms. The van der Waals surface area contributed by atoms with Crippen LogP contribution in [0, 0.1) is 5.41 Å². The molecule has 6 heteroatoms. The van der Waals surface area contributed by atoms with E-state index in [1.54, 1.807) is 6.20 Å². The zero-order valence-corrected chi connectivity index (χ0v) is 13.0. The molecule has 2 N–H and O–H groups in total. The number of nitrogens with zero attached hydrogens (tertiary/aromatic N) is 1. The maximum absolute atomic E-state index is 12.6. The monoisotopic (exact) mass is 325 g/mol. The maximum Gasteiger partial charge on any atom is 0.186 e. The Morgan fingerprint density at radius 3 is 3.00 bits per heavy atom. The number of H-pyrrole nitrogens is 1. The molecule has 0 radical (unpaired) electrons. The molecule has 1 aliphatic heterocycles. The quantitative estimate of drug-likeness (QED) is 0.699. The van der Waals surface area contributed by atoms with Crippen molar-refractivity contribution in [3.05, 3.63) is 57.5 Å². The van der Waals surface area contributed by atoms with Crippen LogP contribution in [0.4, 0.5) is 0 Å². The number of hydrogen-bond acceptors (Lipinski definition) is 5. The van der Waals surface area contributed by atoms with Gasteiger partial charge in [0.15, 0.2) is 5.78 Å². The fourth-order valence-corrected chi connectivity index (χ4v) is 4.34. The highest BCUT2D eigenvalue weighted by Crippen LogP contribution is 2.41. The average Bonchev–Trinajstić information content (AvgIpc) is 3.22. The summed E-state index contributed by atoms with van der Waals surface area (Å²) in [5.41, 5.74) is 2.01. The van der Waals surface area contributed by atoms with Crippen LogP contribution in [0.5, 0.6) is 0 Å². The van der Waals surface area contributed by atoms with E-state index in [0.29, 0.717) is 15.0 Å². The van der Waals surface area contributed by atoms with Crippen molar-refractivity contribution in [2.75, 3.05) is 0 Å². The normalized spacial score (nSPS) is 20.4. The van der Waals surface area contributed by atoms with Crippen LogP contribution in [-0.4, -0.2) is 20.8 Å². The summed E-state index contributed by atoms with van der Waals surface area (Å²) < 4.78 is 0. The standard InChI is InChI=1S/C16H11N3OS2/c17-15-13(16-18-5-6-21-16)14(20)12(22-15)7-9-8-19-11-4-2-1-3-10(9)11/h1-8,13,17,19H/b12-7-,17-15?/t13-/m1/s1.